The second kappa shape index (κ2) is 7.98. The molecular formula is C16H20FN3O3. The zero-order chi connectivity index (χ0) is 17.6. The van der Waals surface area contributed by atoms with Gasteiger partial charge in [0.1, 0.15) is 17.4 Å². The van der Waals surface area contributed by atoms with Crippen molar-refractivity contribution < 1.29 is 14.2 Å². The van der Waals surface area contributed by atoms with Crippen LogP contribution in [0.3, 0.4) is 0 Å². The lowest BCUT2D eigenvalue weighted by Gasteiger charge is -2.12. The molecule has 0 atom stereocenters. The standard InChI is InChI=1S/C14H14FN3O3.C2H6/c1-17-14-9(6-16)12(19)13(20)11(18-14)8-4-3-7(21-2)5-10(8)15;1-2/h3-6,16,20H,1-2H3,(H2,17,18,19);1-2H3. The normalized spacial score (nSPS) is 9.61. The molecule has 0 bridgehead atoms. The molecule has 23 heavy (non-hydrogen) atoms. The second-order valence-corrected chi connectivity index (χ2v) is 4.21. The summed E-state index contributed by atoms with van der Waals surface area (Å²) >= 11 is 0. The molecule has 0 aliphatic carbocycles. The van der Waals surface area contributed by atoms with Crippen molar-refractivity contribution >= 4 is 12.0 Å². The monoisotopic (exact) mass is 321 g/mol. The maximum atomic E-state index is 14.1. The summed E-state index contributed by atoms with van der Waals surface area (Å²) in [5, 5.41) is 19.9. The van der Waals surface area contributed by atoms with E-state index in [1.807, 2.05) is 13.8 Å². The molecule has 0 aliphatic rings. The Labute approximate surface area is 133 Å². The Morgan fingerprint density at radius 1 is 1.39 bits per heavy atom. The molecule has 0 saturated carbocycles. The van der Waals surface area contributed by atoms with Gasteiger partial charge in [-0.1, -0.05) is 13.8 Å². The highest BCUT2D eigenvalue weighted by atomic mass is 19.1. The number of aromatic hydroxyl groups is 1. The fourth-order valence-corrected chi connectivity index (χ4v) is 1.96. The van der Waals surface area contributed by atoms with E-state index in [4.69, 9.17) is 10.1 Å². The molecule has 0 radical (unpaired) electrons. The first-order valence-electron chi connectivity index (χ1n) is 7.04. The van der Waals surface area contributed by atoms with Gasteiger partial charge < -0.3 is 25.6 Å². The van der Waals surface area contributed by atoms with Crippen molar-refractivity contribution in [2.45, 2.75) is 13.8 Å². The maximum Gasteiger partial charge on any atom is 0.234 e. The molecule has 1 aromatic carbocycles. The van der Waals surface area contributed by atoms with Gasteiger partial charge in [0.25, 0.3) is 0 Å². The molecule has 0 fully saturated rings. The van der Waals surface area contributed by atoms with Crippen LogP contribution in [-0.4, -0.2) is 30.5 Å². The van der Waals surface area contributed by atoms with Gasteiger partial charge in [0, 0.05) is 24.9 Å². The van der Waals surface area contributed by atoms with Crippen molar-refractivity contribution in [2.75, 3.05) is 19.5 Å². The Hall–Kier alpha value is -2.83. The minimum absolute atomic E-state index is 0.0263. The van der Waals surface area contributed by atoms with Crippen LogP contribution in [0.25, 0.3) is 11.3 Å². The van der Waals surface area contributed by atoms with Crippen LogP contribution in [0.15, 0.2) is 23.0 Å². The van der Waals surface area contributed by atoms with Gasteiger partial charge in [-0.3, -0.25) is 4.79 Å². The Morgan fingerprint density at radius 3 is 2.52 bits per heavy atom. The van der Waals surface area contributed by atoms with E-state index >= 15 is 0 Å². The van der Waals surface area contributed by atoms with Crippen LogP contribution in [0.1, 0.15) is 19.4 Å². The summed E-state index contributed by atoms with van der Waals surface area (Å²) in [6.07, 6.45) is 0.818. The molecule has 0 saturated heterocycles. The van der Waals surface area contributed by atoms with Crippen LogP contribution < -0.4 is 15.5 Å². The number of ether oxygens (including phenoxy) is 1. The van der Waals surface area contributed by atoms with Crippen LogP contribution in [0, 0.1) is 11.2 Å². The number of hydrogen-bond donors (Lipinski definition) is 4. The highest BCUT2D eigenvalue weighted by Crippen LogP contribution is 2.30. The van der Waals surface area contributed by atoms with E-state index in [0.717, 1.165) is 12.3 Å². The minimum Gasteiger partial charge on any atom is -0.503 e. The number of benzene rings is 1. The van der Waals surface area contributed by atoms with Gasteiger partial charge in [-0.25, -0.2) is 4.39 Å². The van der Waals surface area contributed by atoms with Crippen molar-refractivity contribution in [3.8, 4) is 22.8 Å². The molecule has 0 amide bonds. The third kappa shape index (κ3) is 3.50. The average molecular weight is 321 g/mol. The average Bonchev–Trinajstić information content (AvgIpc) is 2.59. The molecule has 7 heteroatoms. The Bertz CT molecular complexity index is 757. The van der Waals surface area contributed by atoms with E-state index < -0.39 is 17.0 Å². The topological polar surface area (TPSA) is 98.2 Å². The molecule has 1 heterocycles. The van der Waals surface area contributed by atoms with Gasteiger partial charge in [-0.15, -0.1) is 0 Å². The predicted molar refractivity (Wildman–Crippen MR) is 89.5 cm³/mol. The Balaban J connectivity index is 0.00000127. The van der Waals surface area contributed by atoms with Crippen LogP contribution in [-0.2, 0) is 0 Å². The summed E-state index contributed by atoms with van der Waals surface area (Å²) in [5.41, 5.74) is -0.820. The van der Waals surface area contributed by atoms with Gasteiger partial charge >= 0.3 is 0 Å². The fourth-order valence-electron chi connectivity index (χ4n) is 1.96. The summed E-state index contributed by atoms with van der Waals surface area (Å²) in [4.78, 5) is 14.7. The number of pyridine rings is 1. The third-order valence-corrected chi connectivity index (χ3v) is 3.06. The van der Waals surface area contributed by atoms with E-state index in [-0.39, 0.29) is 22.6 Å². The summed E-state index contributed by atoms with van der Waals surface area (Å²) in [7, 11) is 2.95. The highest BCUT2D eigenvalue weighted by Gasteiger charge is 2.18. The molecule has 0 aliphatic heterocycles. The van der Waals surface area contributed by atoms with Crippen molar-refractivity contribution in [2.24, 2.45) is 0 Å². The number of hydrogen-bond acceptors (Lipinski definition) is 5. The largest absolute Gasteiger partial charge is 0.503 e. The molecule has 1 aromatic heterocycles. The van der Waals surface area contributed by atoms with Crippen molar-refractivity contribution in [3.63, 3.8) is 0 Å². The quantitative estimate of drug-likeness (QED) is 0.651. The number of anilines is 1. The van der Waals surface area contributed by atoms with Crippen LogP contribution >= 0.6 is 0 Å². The number of nitrogens with one attached hydrogen (secondary N) is 3. The summed E-state index contributed by atoms with van der Waals surface area (Å²) in [6.45, 7) is 4.00. The molecule has 0 unspecified atom stereocenters. The minimum atomic E-state index is -0.752. The Morgan fingerprint density at radius 2 is 2.04 bits per heavy atom. The lowest BCUT2D eigenvalue weighted by Crippen LogP contribution is -2.14. The summed E-state index contributed by atoms with van der Waals surface area (Å²) in [5.74, 6) is -0.748. The van der Waals surface area contributed by atoms with Gasteiger partial charge in [-0.2, -0.15) is 0 Å². The van der Waals surface area contributed by atoms with Crippen LogP contribution in [0.4, 0.5) is 10.2 Å². The van der Waals surface area contributed by atoms with Gasteiger partial charge in [-0.05, 0) is 12.1 Å². The SMILES string of the molecule is CC.CNc1[nH]c(-c2ccc(OC)cc2F)c(O)c(=O)c1C=N. The van der Waals surface area contributed by atoms with Crippen LogP contribution in [0.2, 0.25) is 0 Å². The van der Waals surface area contributed by atoms with E-state index in [9.17, 15) is 14.3 Å². The Kier molecular flexibility index (Phi) is 6.32. The van der Waals surface area contributed by atoms with Crippen molar-refractivity contribution in [1.29, 1.82) is 5.41 Å². The van der Waals surface area contributed by atoms with Crippen molar-refractivity contribution in [3.05, 3.63) is 39.8 Å². The molecule has 124 valence electrons. The van der Waals surface area contributed by atoms with Gasteiger partial charge in [0.15, 0.2) is 5.75 Å². The first-order valence-corrected chi connectivity index (χ1v) is 7.04. The second-order valence-electron chi connectivity index (χ2n) is 4.21. The molecule has 0 spiro atoms. The number of methoxy groups -OCH3 is 1. The molecule has 4 N–H and O–H groups in total. The number of rotatable bonds is 4. The van der Waals surface area contributed by atoms with E-state index in [1.54, 1.807) is 7.05 Å². The first-order chi connectivity index (χ1) is 11.0. The summed E-state index contributed by atoms with van der Waals surface area (Å²) in [6, 6.07) is 4.05. The van der Waals surface area contributed by atoms with Crippen molar-refractivity contribution in [1.82, 2.24) is 4.98 Å². The zero-order valence-corrected chi connectivity index (χ0v) is 13.5. The van der Waals surface area contributed by atoms with E-state index in [0.29, 0.717) is 5.75 Å². The summed E-state index contributed by atoms with van der Waals surface area (Å²) < 4.78 is 19.0. The van der Waals surface area contributed by atoms with E-state index in [1.165, 1.54) is 19.2 Å². The van der Waals surface area contributed by atoms with Gasteiger partial charge in [0.05, 0.1) is 18.4 Å². The molecule has 2 rings (SSSR count). The zero-order valence-electron chi connectivity index (χ0n) is 13.5. The number of aromatic nitrogens is 1. The third-order valence-electron chi connectivity index (χ3n) is 3.06. The first kappa shape index (κ1) is 18.2. The predicted octanol–water partition coefficient (Wildman–Crippen LogP) is 2.96. The molecular weight excluding hydrogens is 301 g/mol. The maximum absolute atomic E-state index is 14.1. The molecule has 2 aromatic rings. The highest BCUT2D eigenvalue weighted by molar-refractivity contribution is 5.87. The smallest absolute Gasteiger partial charge is 0.234 e. The number of aromatic amines is 1. The van der Waals surface area contributed by atoms with E-state index in [2.05, 4.69) is 10.3 Å². The lowest BCUT2D eigenvalue weighted by molar-refractivity contribution is 0.411. The van der Waals surface area contributed by atoms with Crippen LogP contribution in [0.5, 0.6) is 11.5 Å². The lowest BCUT2D eigenvalue weighted by atomic mass is 10.1. The van der Waals surface area contributed by atoms with Gasteiger partial charge in [0.2, 0.25) is 5.43 Å². The number of H-pyrrole nitrogens is 1. The number of halogens is 1. The fraction of sp³-hybridized carbons (Fsp3) is 0.250. The molecule has 6 nitrogen and oxygen atoms in total.